The van der Waals surface area contributed by atoms with Crippen molar-refractivity contribution in [3.8, 4) is 11.5 Å². The van der Waals surface area contributed by atoms with Crippen molar-refractivity contribution in [2.75, 3.05) is 5.32 Å². The molecule has 0 bridgehead atoms. The maximum Gasteiger partial charge on any atom is 0.277 e. The zero-order valence-corrected chi connectivity index (χ0v) is 15.7. The van der Waals surface area contributed by atoms with Gasteiger partial charge in [0.2, 0.25) is 5.91 Å². The molecule has 4 rings (SSSR count). The molecule has 1 amide bonds. The van der Waals surface area contributed by atoms with Gasteiger partial charge in [-0.2, -0.15) is 0 Å². The molecule has 4 aromatic rings. The van der Waals surface area contributed by atoms with Crippen molar-refractivity contribution >= 4 is 34.1 Å². The van der Waals surface area contributed by atoms with Crippen LogP contribution in [0, 0.1) is 5.82 Å². The van der Waals surface area contributed by atoms with Gasteiger partial charge in [-0.3, -0.25) is 4.79 Å². The second kappa shape index (κ2) is 7.82. The fourth-order valence-corrected chi connectivity index (χ4v) is 3.40. The Bertz CT molecular complexity index is 1150. The number of carbonyl (C=O) groups is 1. The van der Waals surface area contributed by atoms with Gasteiger partial charge in [-0.1, -0.05) is 54.2 Å². The van der Waals surface area contributed by atoms with Gasteiger partial charge in [0, 0.05) is 5.69 Å². The normalized spacial score (nSPS) is 12.1. The van der Waals surface area contributed by atoms with Crippen molar-refractivity contribution in [3.05, 3.63) is 72.5 Å². The molecule has 0 radical (unpaired) electrons. The second-order valence-electron chi connectivity index (χ2n) is 6.16. The van der Waals surface area contributed by atoms with Crippen molar-refractivity contribution in [1.29, 1.82) is 0 Å². The first kappa shape index (κ1) is 18.2. The molecule has 3 aromatic carbocycles. The molecule has 5 nitrogen and oxygen atoms in total. The summed E-state index contributed by atoms with van der Waals surface area (Å²) in [6, 6.07) is 19.8. The molecule has 0 saturated carbocycles. The second-order valence-corrected chi connectivity index (χ2v) is 7.46. The SMILES string of the molecule is C[C@H](Sc1nnc(-c2ccccc2F)o1)C(=O)Nc1ccc2ccccc2c1. The van der Waals surface area contributed by atoms with Gasteiger partial charge in [0.05, 0.1) is 10.8 Å². The van der Waals surface area contributed by atoms with Gasteiger partial charge in [0.15, 0.2) is 0 Å². The monoisotopic (exact) mass is 393 g/mol. The molecule has 7 heteroatoms. The Kier molecular flexibility index (Phi) is 5.08. The third kappa shape index (κ3) is 3.89. The van der Waals surface area contributed by atoms with E-state index in [9.17, 15) is 9.18 Å². The number of aromatic nitrogens is 2. The summed E-state index contributed by atoms with van der Waals surface area (Å²) in [5, 5.41) is 12.6. The van der Waals surface area contributed by atoms with E-state index in [2.05, 4.69) is 15.5 Å². The number of amides is 1. The molecule has 0 fully saturated rings. The van der Waals surface area contributed by atoms with Crippen molar-refractivity contribution in [3.63, 3.8) is 0 Å². The lowest BCUT2D eigenvalue weighted by atomic mass is 10.1. The summed E-state index contributed by atoms with van der Waals surface area (Å²) in [5.41, 5.74) is 0.948. The Labute approximate surface area is 165 Å². The molecule has 140 valence electrons. The van der Waals surface area contributed by atoms with Gasteiger partial charge in [0.25, 0.3) is 11.1 Å². The van der Waals surface area contributed by atoms with Gasteiger partial charge >= 0.3 is 0 Å². The van der Waals surface area contributed by atoms with Crippen LogP contribution in [-0.2, 0) is 4.79 Å². The molecule has 1 heterocycles. The molecule has 0 aliphatic rings. The highest BCUT2D eigenvalue weighted by Crippen LogP contribution is 2.28. The molecule has 0 unspecified atom stereocenters. The lowest BCUT2D eigenvalue weighted by molar-refractivity contribution is -0.115. The molecule has 1 N–H and O–H groups in total. The molecule has 1 aromatic heterocycles. The van der Waals surface area contributed by atoms with Crippen molar-refractivity contribution < 1.29 is 13.6 Å². The Morgan fingerprint density at radius 2 is 1.79 bits per heavy atom. The number of nitrogens with one attached hydrogen (secondary N) is 1. The van der Waals surface area contributed by atoms with Gasteiger partial charge in [-0.15, -0.1) is 10.2 Å². The van der Waals surface area contributed by atoms with Crippen LogP contribution in [0.2, 0.25) is 0 Å². The van der Waals surface area contributed by atoms with Crippen LogP contribution in [-0.4, -0.2) is 21.4 Å². The summed E-state index contributed by atoms with van der Waals surface area (Å²) in [5.74, 6) is -0.543. The van der Waals surface area contributed by atoms with Crippen molar-refractivity contribution in [1.82, 2.24) is 10.2 Å². The number of rotatable bonds is 5. The Balaban J connectivity index is 1.43. The van der Waals surface area contributed by atoms with Gasteiger partial charge in [-0.05, 0) is 42.0 Å². The highest BCUT2D eigenvalue weighted by molar-refractivity contribution is 8.00. The average Bonchev–Trinajstić information content (AvgIpc) is 3.16. The van der Waals surface area contributed by atoms with Crippen LogP contribution in [0.5, 0.6) is 0 Å². The highest BCUT2D eigenvalue weighted by atomic mass is 32.2. The summed E-state index contributed by atoms with van der Waals surface area (Å²) in [6.45, 7) is 1.74. The minimum Gasteiger partial charge on any atom is -0.411 e. The van der Waals surface area contributed by atoms with E-state index in [0.29, 0.717) is 5.69 Å². The molecule has 28 heavy (non-hydrogen) atoms. The Hall–Kier alpha value is -3.19. The molecule has 0 spiro atoms. The van der Waals surface area contributed by atoms with Crippen molar-refractivity contribution in [2.24, 2.45) is 0 Å². The van der Waals surface area contributed by atoms with Crippen molar-refractivity contribution in [2.45, 2.75) is 17.4 Å². The third-order valence-electron chi connectivity index (χ3n) is 4.17. The van der Waals surface area contributed by atoms with Crippen LogP contribution in [0.4, 0.5) is 10.1 Å². The van der Waals surface area contributed by atoms with Crippen LogP contribution in [0.1, 0.15) is 6.92 Å². The van der Waals surface area contributed by atoms with Gasteiger partial charge < -0.3 is 9.73 Å². The number of carbonyl (C=O) groups excluding carboxylic acids is 1. The lowest BCUT2D eigenvalue weighted by Crippen LogP contribution is -2.22. The van der Waals surface area contributed by atoms with E-state index in [-0.39, 0.29) is 22.6 Å². The lowest BCUT2D eigenvalue weighted by Gasteiger charge is -2.10. The minimum atomic E-state index is -0.472. The Morgan fingerprint density at radius 1 is 1.04 bits per heavy atom. The van der Waals surface area contributed by atoms with Crippen LogP contribution in [0.15, 0.2) is 76.4 Å². The molecular weight excluding hydrogens is 377 g/mol. The predicted molar refractivity (Wildman–Crippen MR) is 108 cm³/mol. The summed E-state index contributed by atoms with van der Waals surface area (Å²) in [4.78, 5) is 12.5. The smallest absolute Gasteiger partial charge is 0.277 e. The Morgan fingerprint density at radius 3 is 2.61 bits per heavy atom. The zero-order chi connectivity index (χ0) is 19.5. The first-order chi connectivity index (χ1) is 13.6. The number of halogens is 1. The topological polar surface area (TPSA) is 68.0 Å². The quantitative estimate of drug-likeness (QED) is 0.475. The standard InChI is InChI=1S/C21H16FN3O2S/c1-13(19(26)23-16-11-10-14-6-2-3-7-15(14)12-16)28-21-25-24-20(27-21)17-8-4-5-9-18(17)22/h2-13H,1H3,(H,23,26)/t13-/m0/s1. The fourth-order valence-electron chi connectivity index (χ4n) is 2.72. The molecule has 0 saturated heterocycles. The molecule has 0 aliphatic carbocycles. The summed E-state index contributed by atoms with van der Waals surface area (Å²) in [7, 11) is 0. The predicted octanol–water partition coefficient (Wildman–Crippen LogP) is 5.15. The van der Waals surface area contributed by atoms with E-state index in [1.807, 2.05) is 42.5 Å². The fraction of sp³-hybridized carbons (Fsp3) is 0.0952. The van der Waals surface area contributed by atoms with E-state index in [0.717, 1.165) is 22.5 Å². The third-order valence-corrected chi connectivity index (χ3v) is 5.11. The summed E-state index contributed by atoms with van der Waals surface area (Å²) >= 11 is 1.12. The average molecular weight is 393 g/mol. The number of hydrogen-bond acceptors (Lipinski definition) is 5. The van der Waals surface area contributed by atoms with Crippen LogP contribution in [0.3, 0.4) is 0 Å². The summed E-state index contributed by atoms with van der Waals surface area (Å²) < 4.78 is 19.3. The van der Waals surface area contributed by atoms with E-state index in [1.54, 1.807) is 25.1 Å². The minimum absolute atomic E-state index is 0.0859. The molecular formula is C21H16FN3O2S. The van der Waals surface area contributed by atoms with E-state index in [4.69, 9.17) is 4.42 Å². The molecule has 0 aliphatic heterocycles. The summed E-state index contributed by atoms with van der Waals surface area (Å²) in [6.07, 6.45) is 0. The van der Waals surface area contributed by atoms with E-state index in [1.165, 1.54) is 6.07 Å². The van der Waals surface area contributed by atoms with Gasteiger partial charge in [0.1, 0.15) is 5.82 Å². The maximum atomic E-state index is 13.8. The largest absolute Gasteiger partial charge is 0.411 e. The van der Waals surface area contributed by atoms with Crippen LogP contribution >= 0.6 is 11.8 Å². The first-order valence-corrected chi connectivity index (χ1v) is 9.53. The molecule has 1 atom stereocenters. The van der Waals surface area contributed by atoms with Crippen LogP contribution in [0.25, 0.3) is 22.2 Å². The number of thioether (sulfide) groups is 1. The maximum absolute atomic E-state index is 13.8. The number of hydrogen-bond donors (Lipinski definition) is 1. The van der Waals surface area contributed by atoms with Crippen LogP contribution < -0.4 is 5.32 Å². The zero-order valence-electron chi connectivity index (χ0n) is 14.9. The number of anilines is 1. The van der Waals surface area contributed by atoms with E-state index < -0.39 is 11.1 Å². The number of nitrogens with zero attached hydrogens (tertiary/aromatic N) is 2. The first-order valence-electron chi connectivity index (χ1n) is 8.65. The number of benzene rings is 3. The highest BCUT2D eigenvalue weighted by Gasteiger charge is 2.20. The number of fused-ring (bicyclic) bond motifs is 1. The van der Waals surface area contributed by atoms with E-state index >= 15 is 0 Å². The van der Waals surface area contributed by atoms with Gasteiger partial charge in [-0.25, -0.2) is 4.39 Å².